The molecule has 2 N–H and O–H groups in total. The smallest absolute Gasteiger partial charge is 0.275 e. The van der Waals surface area contributed by atoms with E-state index in [0.717, 1.165) is 36.3 Å². The highest BCUT2D eigenvalue weighted by Gasteiger charge is 2.30. The molecule has 1 amide bonds. The number of fused-ring (bicyclic) bond motifs is 1. The van der Waals surface area contributed by atoms with Crippen molar-refractivity contribution in [2.24, 2.45) is 5.92 Å². The zero-order chi connectivity index (χ0) is 16.5. The van der Waals surface area contributed by atoms with Gasteiger partial charge in [0, 0.05) is 43.9 Å². The van der Waals surface area contributed by atoms with Gasteiger partial charge in [0.2, 0.25) is 0 Å². The summed E-state index contributed by atoms with van der Waals surface area (Å²) in [5.41, 5.74) is 3.52. The number of hydrogen-bond acceptors (Lipinski definition) is 3. The molecule has 0 radical (unpaired) electrons. The quantitative estimate of drug-likeness (QED) is 0.857. The van der Waals surface area contributed by atoms with E-state index in [2.05, 4.69) is 15.5 Å². The Morgan fingerprint density at radius 1 is 1.28 bits per heavy atom. The molecule has 25 heavy (non-hydrogen) atoms. The highest BCUT2D eigenvalue weighted by Crippen LogP contribution is 2.31. The number of aromatic amines is 1. The summed E-state index contributed by atoms with van der Waals surface area (Å²) in [7, 11) is 0. The van der Waals surface area contributed by atoms with Crippen molar-refractivity contribution in [2.75, 3.05) is 13.1 Å². The molecular weight excluding hydrogens is 343 g/mol. The van der Waals surface area contributed by atoms with Gasteiger partial charge >= 0.3 is 0 Å². The Kier molecular flexibility index (Phi) is 5.39. The highest BCUT2D eigenvalue weighted by molar-refractivity contribution is 5.94. The molecule has 0 spiro atoms. The largest absolute Gasteiger partial charge is 0.333 e. The SMILES string of the molecule is Cl.O=C(c1n[nH]c2c1CNCC2)N(Cc1ccc(F)cc1)CC1CC1. The van der Waals surface area contributed by atoms with Crippen LogP contribution < -0.4 is 5.32 Å². The molecule has 0 atom stereocenters. The fourth-order valence-electron chi connectivity index (χ4n) is 3.19. The van der Waals surface area contributed by atoms with E-state index in [1.54, 1.807) is 12.1 Å². The molecular formula is C18H22ClFN4O. The first kappa shape index (κ1) is 17.9. The number of benzene rings is 1. The van der Waals surface area contributed by atoms with Gasteiger partial charge in [-0.2, -0.15) is 5.10 Å². The van der Waals surface area contributed by atoms with Gasteiger partial charge in [-0.3, -0.25) is 9.89 Å². The van der Waals surface area contributed by atoms with Gasteiger partial charge in [0.1, 0.15) is 5.82 Å². The van der Waals surface area contributed by atoms with E-state index in [1.807, 2.05) is 4.90 Å². The lowest BCUT2D eigenvalue weighted by atomic mass is 10.1. The number of nitrogens with one attached hydrogen (secondary N) is 2. The number of aromatic nitrogens is 2. The van der Waals surface area contributed by atoms with E-state index in [9.17, 15) is 9.18 Å². The van der Waals surface area contributed by atoms with Crippen LogP contribution in [0.25, 0.3) is 0 Å². The van der Waals surface area contributed by atoms with Crippen LogP contribution >= 0.6 is 12.4 Å². The predicted octanol–water partition coefficient (Wildman–Crippen LogP) is 2.67. The third kappa shape index (κ3) is 4.02. The number of hydrogen-bond donors (Lipinski definition) is 2. The average molecular weight is 365 g/mol. The van der Waals surface area contributed by atoms with Gasteiger partial charge in [0.05, 0.1) is 0 Å². The van der Waals surface area contributed by atoms with Crippen LogP contribution in [-0.2, 0) is 19.5 Å². The van der Waals surface area contributed by atoms with Gasteiger partial charge in [0.15, 0.2) is 5.69 Å². The fraction of sp³-hybridized carbons (Fsp3) is 0.444. The summed E-state index contributed by atoms with van der Waals surface area (Å²) in [6.45, 7) is 2.82. The summed E-state index contributed by atoms with van der Waals surface area (Å²) in [5, 5.41) is 10.6. The van der Waals surface area contributed by atoms with E-state index < -0.39 is 0 Å². The lowest BCUT2D eigenvalue weighted by Gasteiger charge is -2.23. The van der Waals surface area contributed by atoms with Crippen LogP contribution in [0.15, 0.2) is 24.3 Å². The minimum Gasteiger partial charge on any atom is -0.333 e. The van der Waals surface area contributed by atoms with E-state index in [1.165, 1.54) is 25.0 Å². The number of H-pyrrole nitrogens is 1. The van der Waals surface area contributed by atoms with Crippen LogP contribution in [0.4, 0.5) is 4.39 Å². The normalized spacial score (nSPS) is 16.0. The molecule has 0 saturated heterocycles. The first-order valence-electron chi connectivity index (χ1n) is 8.51. The Hall–Kier alpha value is -1.92. The molecule has 7 heteroatoms. The zero-order valence-electron chi connectivity index (χ0n) is 13.9. The molecule has 1 aromatic heterocycles. The number of carbonyl (C=O) groups excluding carboxylic acids is 1. The highest BCUT2D eigenvalue weighted by atomic mass is 35.5. The zero-order valence-corrected chi connectivity index (χ0v) is 14.7. The lowest BCUT2D eigenvalue weighted by molar-refractivity contribution is 0.0727. The topological polar surface area (TPSA) is 61.0 Å². The van der Waals surface area contributed by atoms with Gasteiger partial charge in [0.25, 0.3) is 5.91 Å². The van der Waals surface area contributed by atoms with Crippen molar-refractivity contribution in [1.82, 2.24) is 20.4 Å². The summed E-state index contributed by atoms with van der Waals surface area (Å²) < 4.78 is 13.1. The van der Waals surface area contributed by atoms with Gasteiger partial charge < -0.3 is 10.2 Å². The van der Waals surface area contributed by atoms with Crippen LogP contribution in [0.2, 0.25) is 0 Å². The maximum atomic E-state index is 13.1. The molecule has 2 aliphatic rings. The van der Waals surface area contributed by atoms with Gasteiger partial charge in [-0.15, -0.1) is 12.4 Å². The van der Waals surface area contributed by atoms with Crippen LogP contribution in [0.5, 0.6) is 0 Å². The van der Waals surface area contributed by atoms with Gasteiger partial charge in [-0.05, 0) is 36.5 Å². The van der Waals surface area contributed by atoms with Crippen molar-refractivity contribution in [3.63, 3.8) is 0 Å². The Bertz CT molecular complexity index is 742. The third-order valence-corrected chi connectivity index (χ3v) is 4.76. The van der Waals surface area contributed by atoms with Crippen LogP contribution in [-0.4, -0.2) is 34.1 Å². The molecule has 1 aliphatic heterocycles. The molecule has 0 bridgehead atoms. The van der Waals surface area contributed by atoms with Crippen molar-refractivity contribution in [2.45, 2.75) is 32.4 Å². The summed E-state index contributed by atoms with van der Waals surface area (Å²) >= 11 is 0. The molecule has 1 fully saturated rings. The first-order chi connectivity index (χ1) is 11.7. The number of carbonyl (C=O) groups is 1. The van der Waals surface area contributed by atoms with Crippen molar-refractivity contribution in [3.8, 4) is 0 Å². The van der Waals surface area contributed by atoms with Crippen molar-refractivity contribution >= 4 is 18.3 Å². The second kappa shape index (κ2) is 7.54. The van der Waals surface area contributed by atoms with Crippen molar-refractivity contribution in [1.29, 1.82) is 0 Å². The first-order valence-corrected chi connectivity index (χ1v) is 8.51. The Balaban J connectivity index is 0.00000182. The van der Waals surface area contributed by atoms with E-state index in [4.69, 9.17) is 0 Å². The number of rotatable bonds is 5. The van der Waals surface area contributed by atoms with Crippen LogP contribution in [0.3, 0.4) is 0 Å². The maximum Gasteiger partial charge on any atom is 0.275 e. The minimum atomic E-state index is -0.258. The molecule has 0 unspecified atom stereocenters. The number of halogens is 2. The predicted molar refractivity (Wildman–Crippen MR) is 95.1 cm³/mol. The van der Waals surface area contributed by atoms with Crippen molar-refractivity contribution < 1.29 is 9.18 Å². The molecule has 134 valence electrons. The fourth-order valence-corrected chi connectivity index (χ4v) is 3.19. The van der Waals surface area contributed by atoms with Crippen LogP contribution in [0, 0.1) is 11.7 Å². The molecule has 1 aliphatic carbocycles. The van der Waals surface area contributed by atoms with E-state index in [0.29, 0.717) is 24.7 Å². The average Bonchev–Trinajstić information content (AvgIpc) is 3.31. The van der Waals surface area contributed by atoms with E-state index in [-0.39, 0.29) is 24.1 Å². The van der Waals surface area contributed by atoms with Gasteiger partial charge in [-0.25, -0.2) is 4.39 Å². The molecule has 2 aromatic rings. The van der Waals surface area contributed by atoms with Gasteiger partial charge in [-0.1, -0.05) is 12.1 Å². The molecule has 1 saturated carbocycles. The summed E-state index contributed by atoms with van der Waals surface area (Å²) in [6.07, 6.45) is 3.22. The lowest BCUT2D eigenvalue weighted by Crippen LogP contribution is -2.34. The Morgan fingerprint density at radius 2 is 2.04 bits per heavy atom. The summed E-state index contributed by atoms with van der Waals surface area (Å²) in [6, 6.07) is 6.36. The molecule has 5 nitrogen and oxygen atoms in total. The molecule has 1 aromatic carbocycles. The van der Waals surface area contributed by atoms with Crippen molar-refractivity contribution in [3.05, 3.63) is 52.6 Å². The number of amides is 1. The second-order valence-electron chi connectivity index (χ2n) is 6.71. The summed E-state index contributed by atoms with van der Waals surface area (Å²) in [4.78, 5) is 14.9. The molecule has 2 heterocycles. The van der Waals surface area contributed by atoms with Crippen LogP contribution in [0.1, 0.15) is 40.2 Å². The maximum absolute atomic E-state index is 13.1. The Morgan fingerprint density at radius 3 is 2.76 bits per heavy atom. The molecule has 4 rings (SSSR count). The standard InChI is InChI=1S/C18H21FN4O.ClH/c19-14-5-3-13(4-6-14)11-23(10-12-1-2-12)18(24)17-15-9-20-8-7-16(15)21-22-17;/h3-6,12,20H,1-2,7-11H2,(H,21,22);1H. The Labute approximate surface area is 152 Å². The van der Waals surface area contributed by atoms with E-state index >= 15 is 0 Å². The second-order valence-corrected chi connectivity index (χ2v) is 6.71. The number of nitrogens with zero attached hydrogens (tertiary/aromatic N) is 2. The third-order valence-electron chi connectivity index (χ3n) is 4.76. The monoisotopic (exact) mass is 364 g/mol. The minimum absolute atomic E-state index is 0. The summed E-state index contributed by atoms with van der Waals surface area (Å²) in [5.74, 6) is 0.293.